The molecule has 0 radical (unpaired) electrons. The normalized spacial score (nSPS) is 13.0. The van der Waals surface area contributed by atoms with Gasteiger partial charge in [-0.3, -0.25) is 10.1 Å². The molecule has 0 saturated carbocycles. The van der Waals surface area contributed by atoms with Crippen LogP contribution in [0, 0.1) is 0 Å². The Bertz CT molecular complexity index is 1450. The first-order valence-corrected chi connectivity index (χ1v) is 11.6. The quantitative estimate of drug-likeness (QED) is 0.247. The smallest absolute Gasteiger partial charge is 0.257 e. The zero-order valence-corrected chi connectivity index (χ0v) is 19.9. The Labute approximate surface area is 206 Å². The minimum Gasteiger partial charge on any atom is -0.507 e. The molecule has 1 aliphatic rings. The number of aromatic hydroxyl groups is 1. The third-order valence-corrected chi connectivity index (χ3v) is 6.14. The van der Waals surface area contributed by atoms with Crippen LogP contribution >= 0.6 is 12.2 Å². The predicted octanol–water partition coefficient (Wildman–Crippen LogP) is 5.57. The molecule has 178 valence electrons. The number of benzene rings is 3. The van der Waals surface area contributed by atoms with Crippen molar-refractivity contribution in [2.75, 3.05) is 12.1 Å². The second-order valence-electron chi connectivity index (χ2n) is 8.26. The summed E-state index contributed by atoms with van der Waals surface area (Å²) >= 11 is 5.31. The molecule has 3 aromatic carbocycles. The second-order valence-corrected chi connectivity index (χ2v) is 8.67. The van der Waals surface area contributed by atoms with Crippen molar-refractivity contribution in [2.45, 2.75) is 26.2 Å². The molecule has 9 heteroatoms. The maximum atomic E-state index is 12.6. The van der Waals surface area contributed by atoms with Gasteiger partial charge in [0.2, 0.25) is 12.7 Å². The molecule has 1 aliphatic heterocycles. The Kier molecular flexibility index (Phi) is 6.00. The predicted molar refractivity (Wildman–Crippen MR) is 136 cm³/mol. The van der Waals surface area contributed by atoms with E-state index in [0.29, 0.717) is 39.8 Å². The largest absolute Gasteiger partial charge is 0.507 e. The van der Waals surface area contributed by atoms with E-state index in [4.69, 9.17) is 26.1 Å². The Morgan fingerprint density at radius 1 is 1.11 bits per heavy atom. The standard InChI is InChI=1S/C26H23N3O5S/c1-3-14(2)15-4-8-21-19(10-15)28-25(34-21)18-12-17(6-7-20(18)30)27-26(35)29-24(31)16-5-9-22-23(11-16)33-13-32-22/h4-12,14,30H,3,13H2,1-2H3,(H2,27,29,31,35). The molecule has 0 aliphatic carbocycles. The number of oxazole rings is 1. The molecule has 0 bridgehead atoms. The van der Waals surface area contributed by atoms with Crippen LogP contribution in [0.25, 0.3) is 22.6 Å². The Balaban J connectivity index is 1.32. The van der Waals surface area contributed by atoms with Gasteiger partial charge in [-0.25, -0.2) is 4.98 Å². The monoisotopic (exact) mass is 489 g/mol. The molecule has 1 atom stereocenters. The highest BCUT2D eigenvalue weighted by atomic mass is 32.1. The molecule has 35 heavy (non-hydrogen) atoms. The summed E-state index contributed by atoms with van der Waals surface area (Å²) in [7, 11) is 0. The number of carbonyl (C=O) groups is 1. The van der Waals surface area contributed by atoms with Crippen LogP contribution < -0.4 is 20.1 Å². The van der Waals surface area contributed by atoms with Gasteiger partial charge in [-0.1, -0.05) is 19.9 Å². The molecule has 4 aromatic rings. The molecule has 3 N–H and O–H groups in total. The fourth-order valence-electron chi connectivity index (χ4n) is 3.76. The number of rotatable bonds is 5. The highest BCUT2D eigenvalue weighted by Gasteiger charge is 2.18. The van der Waals surface area contributed by atoms with Crippen LogP contribution in [0.5, 0.6) is 17.2 Å². The average molecular weight is 490 g/mol. The molecule has 8 nitrogen and oxygen atoms in total. The molecule has 1 amide bonds. The van der Waals surface area contributed by atoms with Gasteiger partial charge in [-0.05, 0) is 78.7 Å². The number of nitrogens with zero attached hydrogens (tertiary/aromatic N) is 1. The van der Waals surface area contributed by atoms with Gasteiger partial charge < -0.3 is 24.3 Å². The van der Waals surface area contributed by atoms with E-state index in [2.05, 4.69) is 29.5 Å². The van der Waals surface area contributed by atoms with Crippen molar-refractivity contribution in [1.82, 2.24) is 10.3 Å². The molecule has 2 heterocycles. The summed E-state index contributed by atoms with van der Waals surface area (Å²) in [6.07, 6.45) is 1.02. The zero-order chi connectivity index (χ0) is 24.5. The van der Waals surface area contributed by atoms with E-state index in [1.807, 2.05) is 18.2 Å². The Hall–Kier alpha value is -4.11. The van der Waals surface area contributed by atoms with Gasteiger partial charge in [-0.15, -0.1) is 0 Å². The first-order chi connectivity index (χ1) is 16.9. The van der Waals surface area contributed by atoms with Crippen molar-refractivity contribution in [3.05, 3.63) is 65.7 Å². The lowest BCUT2D eigenvalue weighted by atomic mass is 9.98. The van der Waals surface area contributed by atoms with Crippen LogP contribution in [0.3, 0.4) is 0 Å². The Morgan fingerprint density at radius 2 is 1.94 bits per heavy atom. The van der Waals surface area contributed by atoms with Crippen LogP contribution in [0.2, 0.25) is 0 Å². The third-order valence-electron chi connectivity index (χ3n) is 5.94. The number of hydrogen-bond donors (Lipinski definition) is 3. The van der Waals surface area contributed by atoms with E-state index in [1.165, 1.54) is 11.6 Å². The molecule has 1 aromatic heterocycles. The summed E-state index contributed by atoms with van der Waals surface area (Å²) < 4.78 is 16.5. The van der Waals surface area contributed by atoms with Crippen LogP contribution in [0.1, 0.15) is 42.1 Å². The first kappa shape index (κ1) is 22.7. The van der Waals surface area contributed by atoms with Crippen molar-refractivity contribution < 1.29 is 23.8 Å². The number of amides is 1. The summed E-state index contributed by atoms with van der Waals surface area (Å²) in [6, 6.07) is 15.7. The fraction of sp³-hybridized carbons (Fsp3) is 0.192. The number of phenols is 1. The van der Waals surface area contributed by atoms with Crippen LogP contribution in [-0.4, -0.2) is 27.9 Å². The topological polar surface area (TPSA) is 106 Å². The SMILES string of the molecule is CCC(C)c1ccc2oc(-c3cc(NC(=S)NC(=O)c4ccc5c(c4)OCO5)ccc3O)nc2c1. The minimum absolute atomic E-state index is 0.0135. The third kappa shape index (κ3) is 4.63. The number of ether oxygens (including phenoxy) is 2. The van der Waals surface area contributed by atoms with Gasteiger partial charge >= 0.3 is 0 Å². The highest BCUT2D eigenvalue weighted by Crippen LogP contribution is 2.35. The van der Waals surface area contributed by atoms with Gasteiger partial charge in [0.1, 0.15) is 11.3 Å². The van der Waals surface area contributed by atoms with Gasteiger partial charge in [0, 0.05) is 11.3 Å². The summed E-state index contributed by atoms with van der Waals surface area (Å²) in [5, 5.41) is 16.1. The van der Waals surface area contributed by atoms with E-state index >= 15 is 0 Å². The van der Waals surface area contributed by atoms with E-state index in [0.717, 1.165) is 11.9 Å². The number of thiocarbonyl (C=S) groups is 1. The van der Waals surface area contributed by atoms with Crippen LogP contribution in [-0.2, 0) is 0 Å². The molecule has 5 rings (SSSR count). The zero-order valence-electron chi connectivity index (χ0n) is 19.1. The lowest BCUT2D eigenvalue weighted by Crippen LogP contribution is -2.34. The van der Waals surface area contributed by atoms with Crippen molar-refractivity contribution in [1.29, 1.82) is 0 Å². The number of carbonyl (C=O) groups excluding carboxylic acids is 1. The van der Waals surface area contributed by atoms with Crippen molar-refractivity contribution in [3.8, 4) is 28.7 Å². The van der Waals surface area contributed by atoms with E-state index in [1.54, 1.807) is 30.3 Å². The highest BCUT2D eigenvalue weighted by molar-refractivity contribution is 7.80. The lowest BCUT2D eigenvalue weighted by Gasteiger charge is -2.11. The van der Waals surface area contributed by atoms with Gasteiger partial charge in [-0.2, -0.15) is 0 Å². The minimum atomic E-state index is -0.393. The molecule has 0 fully saturated rings. The van der Waals surface area contributed by atoms with E-state index < -0.39 is 5.91 Å². The van der Waals surface area contributed by atoms with Crippen molar-refractivity contribution in [3.63, 3.8) is 0 Å². The fourth-order valence-corrected chi connectivity index (χ4v) is 3.97. The number of phenolic OH excluding ortho intramolecular Hbond substituents is 1. The molecule has 0 spiro atoms. The average Bonchev–Trinajstić information content (AvgIpc) is 3.50. The molecular weight excluding hydrogens is 466 g/mol. The summed E-state index contributed by atoms with van der Waals surface area (Å²) in [5.41, 5.74) is 3.88. The molecular formula is C26H23N3O5S. The van der Waals surface area contributed by atoms with Crippen molar-refractivity contribution >= 4 is 40.0 Å². The Morgan fingerprint density at radius 3 is 2.77 bits per heavy atom. The summed E-state index contributed by atoms with van der Waals surface area (Å²) in [5.74, 6) is 1.42. The number of anilines is 1. The number of hydrogen-bond acceptors (Lipinski definition) is 7. The van der Waals surface area contributed by atoms with Gasteiger partial charge in [0.25, 0.3) is 5.91 Å². The van der Waals surface area contributed by atoms with E-state index in [9.17, 15) is 9.90 Å². The summed E-state index contributed by atoms with van der Waals surface area (Å²) in [4.78, 5) is 17.2. The number of aromatic nitrogens is 1. The molecule has 1 unspecified atom stereocenters. The van der Waals surface area contributed by atoms with E-state index in [-0.39, 0.29) is 23.5 Å². The van der Waals surface area contributed by atoms with Gasteiger partial charge in [0.05, 0.1) is 5.56 Å². The maximum absolute atomic E-state index is 12.6. The van der Waals surface area contributed by atoms with Crippen LogP contribution in [0.4, 0.5) is 5.69 Å². The van der Waals surface area contributed by atoms with Crippen LogP contribution in [0.15, 0.2) is 59.0 Å². The van der Waals surface area contributed by atoms with Crippen molar-refractivity contribution in [2.24, 2.45) is 0 Å². The summed E-state index contributed by atoms with van der Waals surface area (Å²) in [6.45, 7) is 4.43. The maximum Gasteiger partial charge on any atom is 0.257 e. The lowest BCUT2D eigenvalue weighted by molar-refractivity contribution is 0.0977. The number of nitrogens with one attached hydrogen (secondary N) is 2. The van der Waals surface area contributed by atoms with Gasteiger partial charge in [0.15, 0.2) is 22.2 Å². The number of fused-ring (bicyclic) bond motifs is 2. The first-order valence-electron chi connectivity index (χ1n) is 11.2. The second kappa shape index (κ2) is 9.27. The molecule has 0 saturated heterocycles.